The maximum atomic E-state index is 11.6. The molecular formula is C22H30O3Si. The molecule has 1 atom stereocenters. The molecule has 0 amide bonds. The molecular weight excluding hydrogens is 340 g/mol. The Kier molecular flexibility index (Phi) is 6.79. The lowest BCUT2D eigenvalue weighted by Crippen LogP contribution is -2.66. The molecule has 0 aliphatic heterocycles. The van der Waals surface area contributed by atoms with Gasteiger partial charge in [-0.05, 0) is 21.3 Å². The summed E-state index contributed by atoms with van der Waals surface area (Å²) in [7, 11) is -1.10. The molecule has 0 saturated carbocycles. The van der Waals surface area contributed by atoms with Crippen molar-refractivity contribution in [1.82, 2.24) is 0 Å². The summed E-state index contributed by atoms with van der Waals surface area (Å²) >= 11 is 0. The Bertz CT molecular complexity index is 653. The van der Waals surface area contributed by atoms with E-state index in [2.05, 4.69) is 69.3 Å². The number of carbonyl (C=O) groups is 1. The van der Waals surface area contributed by atoms with Gasteiger partial charge in [-0.3, -0.25) is 4.79 Å². The smallest absolute Gasteiger partial charge is 0.305 e. The molecule has 2 aromatic rings. The van der Waals surface area contributed by atoms with Gasteiger partial charge in [0.05, 0.1) is 13.5 Å². The number of benzene rings is 2. The normalized spacial score (nSPS) is 13.3. The van der Waals surface area contributed by atoms with Crippen LogP contribution in [0, 0.1) is 5.92 Å². The standard InChI is InChI=1S/C22H30O3Si/c1-18(16-21(23)24-5)17-25-26(22(2,3)4,19-12-8-6-9-13-19)20-14-10-7-11-15-20/h6-15,18H,16-17H2,1-5H3. The Morgan fingerprint density at radius 2 is 1.42 bits per heavy atom. The lowest BCUT2D eigenvalue weighted by atomic mass is 10.1. The van der Waals surface area contributed by atoms with E-state index < -0.39 is 8.32 Å². The first-order valence-corrected chi connectivity index (χ1v) is 11.0. The quantitative estimate of drug-likeness (QED) is 0.550. The Balaban J connectivity index is 2.46. The zero-order chi connectivity index (χ0) is 19.2. The first kappa shape index (κ1) is 20.4. The van der Waals surface area contributed by atoms with Gasteiger partial charge in [-0.2, -0.15) is 0 Å². The molecule has 0 radical (unpaired) electrons. The van der Waals surface area contributed by atoms with Crippen LogP contribution in [0.2, 0.25) is 5.04 Å². The van der Waals surface area contributed by atoms with Crippen molar-refractivity contribution in [3.05, 3.63) is 60.7 Å². The summed E-state index contributed by atoms with van der Waals surface area (Å²) in [6, 6.07) is 21.1. The molecule has 2 rings (SSSR count). The number of hydrogen-bond donors (Lipinski definition) is 0. The maximum absolute atomic E-state index is 11.6. The van der Waals surface area contributed by atoms with Crippen molar-refractivity contribution in [3.8, 4) is 0 Å². The SMILES string of the molecule is COC(=O)CC(C)CO[Si](c1ccccc1)(c1ccccc1)C(C)(C)C. The minimum absolute atomic E-state index is 0.0549. The molecule has 2 aromatic carbocycles. The summed E-state index contributed by atoms with van der Waals surface area (Å²) in [5, 5.41) is 2.45. The fourth-order valence-corrected chi connectivity index (χ4v) is 8.15. The van der Waals surface area contributed by atoms with E-state index in [1.807, 2.05) is 19.1 Å². The number of methoxy groups -OCH3 is 1. The molecule has 4 heteroatoms. The fourth-order valence-electron chi connectivity index (χ4n) is 3.46. The molecule has 3 nitrogen and oxygen atoms in total. The van der Waals surface area contributed by atoms with Crippen LogP contribution in [0.3, 0.4) is 0 Å². The van der Waals surface area contributed by atoms with E-state index in [9.17, 15) is 4.79 Å². The van der Waals surface area contributed by atoms with Crippen LogP contribution >= 0.6 is 0 Å². The number of ether oxygens (including phenoxy) is 1. The topological polar surface area (TPSA) is 35.5 Å². The molecule has 0 aliphatic rings. The van der Waals surface area contributed by atoms with Crippen LogP contribution in [0.4, 0.5) is 0 Å². The van der Waals surface area contributed by atoms with Gasteiger partial charge in [-0.15, -0.1) is 0 Å². The van der Waals surface area contributed by atoms with Crippen molar-refractivity contribution in [2.75, 3.05) is 13.7 Å². The van der Waals surface area contributed by atoms with Gasteiger partial charge in [-0.25, -0.2) is 0 Å². The molecule has 140 valence electrons. The van der Waals surface area contributed by atoms with Crippen molar-refractivity contribution < 1.29 is 14.0 Å². The minimum atomic E-state index is -2.53. The van der Waals surface area contributed by atoms with Gasteiger partial charge in [0, 0.05) is 6.61 Å². The van der Waals surface area contributed by atoms with E-state index in [4.69, 9.17) is 9.16 Å². The van der Waals surface area contributed by atoms with E-state index >= 15 is 0 Å². The van der Waals surface area contributed by atoms with Gasteiger partial charge in [0.25, 0.3) is 8.32 Å². The molecule has 0 saturated heterocycles. The summed E-state index contributed by atoms with van der Waals surface area (Å²) in [6.07, 6.45) is 0.370. The molecule has 26 heavy (non-hydrogen) atoms. The number of rotatable bonds is 7. The van der Waals surface area contributed by atoms with Crippen LogP contribution < -0.4 is 10.4 Å². The van der Waals surface area contributed by atoms with Gasteiger partial charge in [-0.1, -0.05) is 88.4 Å². The van der Waals surface area contributed by atoms with Gasteiger partial charge in [0.15, 0.2) is 0 Å². The third-order valence-electron chi connectivity index (χ3n) is 4.74. The predicted octanol–water partition coefficient (Wildman–Crippen LogP) is 3.76. The highest BCUT2D eigenvalue weighted by molar-refractivity contribution is 6.99. The average molecular weight is 371 g/mol. The van der Waals surface area contributed by atoms with Gasteiger partial charge >= 0.3 is 5.97 Å². The van der Waals surface area contributed by atoms with Crippen LogP contribution in [-0.4, -0.2) is 28.0 Å². The first-order valence-electron chi connectivity index (χ1n) is 9.13. The average Bonchev–Trinajstić information content (AvgIpc) is 2.62. The van der Waals surface area contributed by atoms with Crippen LogP contribution in [-0.2, 0) is 14.0 Å². The third kappa shape index (κ3) is 4.43. The van der Waals surface area contributed by atoms with Gasteiger partial charge in [0.2, 0.25) is 0 Å². The highest BCUT2D eigenvalue weighted by atomic mass is 28.4. The first-order chi connectivity index (χ1) is 12.3. The molecule has 0 bridgehead atoms. The summed E-state index contributed by atoms with van der Waals surface area (Å²) in [6.45, 7) is 9.33. The van der Waals surface area contributed by atoms with E-state index in [1.165, 1.54) is 17.5 Å². The van der Waals surface area contributed by atoms with Crippen molar-refractivity contribution >= 4 is 24.7 Å². The highest BCUT2D eigenvalue weighted by Crippen LogP contribution is 2.37. The summed E-state index contributed by atoms with van der Waals surface area (Å²) in [5.41, 5.74) is 0. The largest absolute Gasteiger partial charge is 0.469 e. The summed E-state index contributed by atoms with van der Waals surface area (Å²) in [5.74, 6) is -0.0901. The monoisotopic (exact) mass is 370 g/mol. The molecule has 0 N–H and O–H groups in total. The van der Waals surface area contributed by atoms with Crippen LogP contribution in [0.1, 0.15) is 34.1 Å². The number of hydrogen-bond acceptors (Lipinski definition) is 3. The zero-order valence-corrected chi connectivity index (χ0v) is 17.5. The van der Waals surface area contributed by atoms with E-state index in [-0.39, 0.29) is 16.9 Å². The molecule has 0 fully saturated rings. The third-order valence-corrected chi connectivity index (χ3v) is 9.75. The van der Waals surface area contributed by atoms with Crippen molar-refractivity contribution in [1.29, 1.82) is 0 Å². The second-order valence-corrected chi connectivity index (χ2v) is 12.2. The van der Waals surface area contributed by atoms with Crippen molar-refractivity contribution in [2.45, 2.75) is 39.2 Å². The Labute approximate surface area is 158 Å². The van der Waals surface area contributed by atoms with E-state index in [0.29, 0.717) is 13.0 Å². The fraction of sp³-hybridized carbons (Fsp3) is 0.409. The second kappa shape index (κ2) is 8.65. The summed E-state index contributed by atoms with van der Waals surface area (Å²) in [4.78, 5) is 11.6. The van der Waals surface area contributed by atoms with Crippen LogP contribution in [0.5, 0.6) is 0 Å². The van der Waals surface area contributed by atoms with Crippen LogP contribution in [0.15, 0.2) is 60.7 Å². The lowest BCUT2D eigenvalue weighted by molar-refractivity contribution is -0.141. The zero-order valence-electron chi connectivity index (χ0n) is 16.5. The molecule has 1 unspecified atom stereocenters. The highest BCUT2D eigenvalue weighted by Gasteiger charge is 2.50. The van der Waals surface area contributed by atoms with Gasteiger partial charge in [0.1, 0.15) is 0 Å². The maximum Gasteiger partial charge on any atom is 0.305 e. The molecule has 0 heterocycles. The summed E-state index contributed by atoms with van der Waals surface area (Å²) < 4.78 is 11.6. The van der Waals surface area contributed by atoms with E-state index in [0.717, 1.165) is 0 Å². The number of esters is 1. The lowest BCUT2D eigenvalue weighted by Gasteiger charge is -2.43. The van der Waals surface area contributed by atoms with E-state index in [1.54, 1.807) is 0 Å². The Hall–Kier alpha value is -1.91. The van der Waals surface area contributed by atoms with Crippen LogP contribution in [0.25, 0.3) is 0 Å². The second-order valence-electron chi connectivity index (χ2n) is 7.86. The van der Waals surface area contributed by atoms with Crippen molar-refractivity contribution in [3.63, 3.8) is 0 Å². The minimum Gasteiger partial charge on any atom is -0.469 e. The predicted molar refractivity (Wildman–Crippen MR) is 109 cm³/mol. The Morgan fingerprint density at radius 1 is 0.962 bits per heavy atom. The number of carbonyl (C=O) groups excluding carboxylic acids is 1. The molecule has 0 spiro atoms. The molecule has 0 aliphatic carbocycles. The van der Waals surface area contributed by atoms with Gasteiger partial charge < -0.3 is 9.16 Å². The Morgan fingerprint density at radius 3 is 1.81 bits per heavy atom. The molecule has 0 aromatic heterocycles. The van der Waals surface area contributed by atoms with Crippen molar-refractivity contribution in [2.24, 2.45) is 5.92 Å².